The van der Waals surface area contributed by atoms with E-state index in [1.54, 1.807) is 37.5 Å². The first-order valence-electron chi connectivity index (χ1n) is 8.21. The highest BCUT2D eigenvalue weighted by Crippen LogP contribution is 2.20. The van der Waals surface area contributed by atoms with E-state index in [9.17, 15) is 10.1 Å². The summed E-state index contributed by atoms with van der Waals surface area (Å²) in [6, 6.07) is 9.31. The van der Waals surface area contributed by atoms with Crippen LogP contribution in [0.5, 0.6) is 0 Å². The Morgan fingerprint density at radius 1 is 1.20 bits per heavy atom. The van der Waals surface area contributed by atoms with Gasteiger partial charge in [-0.05, 0) is 31.2 Å². The van der Waals surface area contributed by atoms with E-state index in [0.717, 1.165) is 37.8 Å². The molecule has 0 aromatic carbocycles. The number of ether oxygens (including phenoxy) is 1. The lowest BCUT2D eigenvalue weighted by Crippen LogP contribution is -2.47. The molecule has 1 fully saturated rings. The van der Waals surface area contributed by atoms with E-state index in [-0.39, 0.29) is 5.97 Å². The topological polar surface area (TPSA) is 82.4 Å². The van der Waals surface area contributed by atoms with Gasteiger partial charge < -0.3 is 14.5 Å². The fourth-order valence-corrected chi connectivity index (χ4v) is 2.79. The smallest absolute Gasteiger partial charge is 0.339 e. The van der Waals surface area contributed by atoms with Gasteiger partial charge in [0.25, 0.3) is 0 Å². The number of carbonyl (C=O) groups is 1. The van der Waals surface area contributed by atoms with Crippen molar-refractivity contribution >= 4 is 17.6 Å². The SMILES string of the molecule is CCOC(=O)c1ccc(N2CCN(c3ncccc3C#N)CC2)nc1. The summed E-state index contributed by atoms with van der Waals surface area (Å²) in [4.78, 5) is 24.7. The molecule has 7 heteroatoms. The average molecular weight is 337 g/mol. The van der Waals surface area contributed by atoms with Gasteiger partial charge >= 0.3 is 5.97 Å². The molecule has 2 aromatic heterocycles. The number of carbonyl (C=O) groups excluding carboxylic acids is 1. The van der Waals surface area contributed by atoms with Crippen LogP contribution >= 0.6 is 0 Å². The van der Waals surface area contributed by atoms with Gasteiger partial charge in [-0.15, -0.1) is 0 Å². The Bertz CT molecular complexity index is 777. The van der Waals surface area contributed by atoms with Crippen molar-refractivity contribution in [1.82, 2.24) is 9.97 Å². The molecule has 1 aliphatic heterocycles. The van der Waals surface area contributed by atoms with Crippen molar-refractivity contribution in [3.63, 3.8) is 0 Å². The van der Waals surface area contributed by atoms with Crippen LogP contribution in [-0.4, -0.2) is 48.7 Å². The molecule has 1 aliphatic rings. The third-order valence-corrected chi connectivity index (χ3v) is 4.07. The van der Waals surface area contributed by atoms with Crippen LogP contribution in [0.15, 0.2) is 36.7 Å². The molecule has 0 spiro atoms. The van der Waals surface area contributed by atoms with Gasteiger partial charge in [-0.25, -0.2) is 14.8 Å². The molecule has 0 bridgehead atoms. The van der Waals surface area contributed by atoms with Crippen LogP contribution in [0.2, 0.25) is 0 Å². The van der Waals surface area contributed by atoms with Crippen LogP contribution in [0, 0.1) is 11.3 Å². The summed E-state index contributed by atoms with van der Waals surface area (Å²) in [5.41, 5.74) is 1.05. The summed E-state index contributed by atoms with van der Waals surface area (Å²) >= 11 is 0. The first kappa shape index (κ1) is 16.7. The number of esters is 1. The molecule has 3 rings (SSSR count). The molecule has 128 valence electrons. The predicted octanol–water partition coefficient (Wildman–Crippen LogP) is 1.85. The highest BCUT2D eigenvalue weighted by molar-refractivity contribution is 5.89. The zero-order valence-electron chi connectivity index (χ0n) is 14.1. The lowest BCUT2D eigenvalue weighted by atomic mass is 10.2. The van der Waals surface area contributed by atoms with Gasteiger partial charge in [-0.2, -0.15) is 5.26 Å². The highest BCUT2D eigenvalue weighted by Gasteiger charge is 2.21. The number of anilines is 2. The number of rotatable bonds is 4. The minimum atomic E-state index is -0.356. The van der Waals surface area contributed by atoms with Crippen molar-refractivity contribution in [2.24, 2.45) is 0 Å². The minimum absolute atomic E-state index is 0.348. The van der Waals surface area contributed by atoms with Gasteiger partial charge in [0.1, 0.15) is 17.7 Å². The van der Waals surface area contributed by atoms with E-state index in [1.165, 1.54) is 0 Å². The van der Waals surface area contributed by atoms with Crippen LogP contribution in [0.25, 0.3) is 0 Å². The molecule has 3 heterocycles. The molecular formula is C18H19N5O2. The maximum Gasteiger partial charge on any atom is 0.339 e. The largest absolute Gasteiger partial charge is 0.462 e. The van der Waals surface area contributed by atoms with Gasteiger partial charge in [0, 0.05) is 38.6 Å². The van der Waals surface area contributed by atoms with E-state index >= 15 is 0 Å². The summed E-state index contributed by atoms with van der Waals surface area (Å²) < 4.78 is 4.97. The molecule has 0 saturated carbocycles. The van der Waals surface area contributed by atoms with Gasteiger partial charge in [0.15, 0.2) is 0 Å². The van der Waals surface area contributed by atoms with Crippen molar-refractivity contribution in [3.8, 4) is 6.07 Å². The fourth-order valence-electron chi connectivity index (χ4n) is 2.79. The van der Waals surface area contributed by atoms with E-state index in [1.807, 2.05) is 6.07 Å². The van der Waals surface area contributed by atoms with Crippen molar-refractivity contribution < 1.29 is 9.53 Å². The molecule has 1 saturated heterocycles. The van der Waals surface area contributed by atoms with Crippen LogP contribution in [-0.2, 0) is 4.74 Å². The molecule has 2 aromatic rings. The number of piperazine rings is 1. The summed E-state index contributed by atoms with van der Waals surface area (Å²) in [6.45, 7) is 5.18. The standard InChI is InChI=1S/C18H19N5O2/c1-2-25-18(24)15-5-6-16(21-13-15)22-8-10-23(11-9-22)17-14(12-19)4-3-7-20-17/h3-7,13H,2,8-11H2,1H3. The van der Waals surface area contributed by atoms with Crippen LogP contribution in [0.4, 0.5) is 11.6 Å². The molecule has 0 atom stereocenters. The Hall–Kier alpha value is -3.14. The molecule has 25 heavy (non-hydrogen) atoms. The molecule has 0 N–H and O–H groups in total. The van der Waals surface area contributed by atoms with Crippen LogP contribution < -0.4 is 9.80 Å². The Morgan fingerprint density at radius 3 is 2.60 bits per heavy atom. The quantitative estimate of drug-likeness (QED) is 0.787. The number of nitrogens with zero attached hydrogens (tertiary/aromatic N) is 5. The third kappa shape index (κ3) is 3.69. The maximum absolute atomic E-state index is 11.7. The summed E-state index contributed by atoms with van der Waals surface area (Å²) in [7, 11) is 0. The minimum Gasteiger partial charge on any atom is -0.462 e. The Kier molecular flexibility index (Phi) is 5.09. The number of nitriles is 1. The molecule has 0 aliphatic carbocycles. The second-order valence-electron chi connectivity index (χ2n) is 5.59. The number of hydrogen-bond acceptors (Lipinski definition) is 7. The lowest BCUT2D eigenvalue weighted by Gasteiger charge is -2.36. The summed E-state index contributed by atoms with van der Waals surface area (Å²) in [5.74, 6) is 1.20. The molecule has 0 radical (unpaired) electrons. The first-order valence-corrected chi connectivity index (χ1v) is 8.21. The second kappa shape index (κ2) is 7.62. The van der Waals surface area contributed by atoms with Crippen molar-refractivity contribution in [1.29, 1.82) is 5.26 Å². The van der Waals surface area contributed by atoms with Gasteiger partial charge in [0.05, 0.1) is 17.7 Å². The zero-order chi connectivity index (χ0) is 17.6. The van der Waals surface area contributed by atoms with E-state index < -0.39 is 0 Å². The lowest BCUT2D eigenvalue weighted by molar-refractivity contribution is 0.0526. The molecular weight excluding hydrogens is 318 g/mol. The Morgan fingerprint density at radius 2 is 1.96 bits per heavy atom. The van der Waals surface area contributed by atoms with E-state index in [4.69, 9.17) is 4.74 Å². The second-order valence-corrected chi connectivity index (χ2v) is 5.59. The van der Waals surface area contributed by atoms with Crippen molar-refractivity contribution in [2.75, 3.05) is 42.6 Å². The van der Waals surface area contributed by atoms with E-state index in [0.29, 0.717) is 17.7 Å². The maximum atomic E-state index is 11.7. The predicted molar refractivity (Wildman–Crippen MR) is 93.6 cm³/mol. The average Bonchev–Trinajstić information content (AvgIpc) is 2.68. The van der Waals surface area contributed by atoms with Crippen molar-refractivity contribution in [3.05, 3.63) is 47.8 Å². The number of pyridine rings is 2. The summed E-state index contributed by atoms with van der Waals surface area (Å²) in [6.07, 6.45) is 3.25. The molecule has 0 unspecified atom stereocenters. The zero-order valence-corrected chi connectivity index (χ0v) is 14.1. The third-order valence-electron chi connectivity index (χ3n) is 4.07. The van der Waals surface area contributed by atoms with Gasteiger partial charge in [-0.1, -0.05) is 0 Å². The number of hydrogen-bond donors (Lipinski definition) is 0. The summed E-state index contributed by atoms with van der Waals surface area (Å²) in [5, 5.41) is 9.21. The highest BCUT2D eigenvalue weighted by atomic mass is 16.5. The normalized spacial score (nSPS) is 14.1. The number of aromatic nitrogens is 2. The van der Waals surface area contributed by atoms with Gasteiger partial charge in [-0.3, -0.25) is 0 Å². The monoisotopic (exact) mass is 337 g/mol. The molecule has 7 nitrogen and oxygen atoms in total. The molecule has 0 amide bonds. The fraction of sp³-hybridized carbons (Fsp3) is 0.333. The first-order chi connectivity index (χ1) is 12.2. The van der Waals surface area contributed by atoms with Crippen LogP contribution in [0.1, 0.15) is 22.8 Å². The van der Waals surface area contributed by atoms with Crippen molar-refractivity contribution in [2.45, 2.75) is 6.92 Å². The van der Waals surface area contributed by atoms with Crippen LogP contribution in [0.3, 0.4) is 0 Å². The Labute approximate surface area is 146 Å². The van der Waals surface area contributed by atoms with Gasteiger partial charge in [0.2, 0.25) is 0 Å². The van der Waals surface area contributed by atoms with E-state index in [2.05, 4.69) is 25.8 Å². The Balaban J connectivity index is 1.64.